The van der Waals surface area contributed by atoms with Gasteiger partial charge in [-0.3, -0.25) is 9.59 Å². The van der Waals surface area contributed by atoms with Gasteiger partial charge < -0.3 is 25.0 Å². The molecule has 1 aliphatic rings. The number of alkyl halides is 1. The Morgan fingerprint density at radius 3 is 2.48 bits per heavy atom. The Morgan fingerprint density at radius 2 is 1.89 bits per heavy atom. The molecule has 0 saturated carbocycles. The minimum absolute atomic E-state index is 0.0112. The SMILES string of the molecule is CCOC(=O)CC(NC(=O)N1CCOCC1)c1ccc(NC(=O)CCl)cc1. The van der Waals surface area contributed by atoms with Crippen molar-refractivity contribution in [3.63, 3.8) is 0 Å². The van der Waals surface area contributed by atoms with Gasteiger partial charge in [-0.25, -0.2) is 4.79 Å². The molecule has 1 aliphatic heterocycles. The zero-order chi connectivity index (χ0) is 19.6. The maximum absolute atomic E-state index is 12.5. The number of rotatable bonds is 7. The maximum atomic E-state index is 12.5. The van der Waals surface area contributed by atoms with Gasteiger partial charge in [0.25, 0.3) is 0 Å². The molecule has 0 radical (unpaired) electrons. The van der Waals surface area contributed by atoms with E-state index in [1.165, 1.54) is 0 Å². The molecule has 1 fully saturated rings. The van der Waals surface area contributed by atoms with Crippen LogP contribution < -0.4 is 10.6 Å². The highest BCUT2D eigenvalue weighted by Gasteiger charge is 2.23. The van der Waals surface area contributed by atoms with Crippen LogP contribution in [-0.2, 0) is 19.1 Å². The fourth-order valence-corrected chi connectivity index (χ4v) is 2.71. The average Bonchev–Trinajstić information content (AvgIpc) is 2.68. The molecule has 0 aromatic heterocycles. The number of nitrogens with zero attached hydrogens (tertiary/aromatic N) is 1. The van der Waals surface area contributed by atoms with E-state index < -0.39 is 12.0 Å². The first-order valence-electron chi connectivity index (χ1n) is 8.78. The summed E-state index contributed by atoms with van der Waals surface area (Å²) in [5.41, 5.74) is 1.31. The third-order valence-electron chi connectivity index (χ3n) is 3.99. The number of hydrogen-bond donors (Lipinski definition) is 2. The molecule has 1 aromatic carbocycles. The predicted molar refractivity (Wildman–Crippen MR) is 101 cm³/mol. The van der Waals surface area contributed by atoms with Crippen LogP contribution in [0.3, 0.4) is 0 Å². The molecule has 1 saturated heterocycles. The lowest BCUT2D eigenvalue weighted by molar-refractivity contribution is -0.143. The van der Waals surface area contributed by atoms with Gasteiger partial charge in [-0.2, -0.15) is 0 Å². The lowest BCUT2D eigenvalue weighted by Gasteiger charge is -2.29. The van der Waals surface area contributed by atoms with E-state index in [9.17, 15) is 14.4 Å². The zero-order valence-corrected chi connectivity index (χ0v) is 16.0. The maximum Gasteiger partial charge on any atom is 0.318 e. The number of anilines is 1. The van der Waals surface area contributed by atoms with Gasteiger partial charge in [0.05, 0.1) is 32.3 Å². The summed E-state index contributed by atoms with van der Waals surface area (Å²) in [6.07, 6.45) is 0.0112. The molecular formula is C18H24ClN3O5. The van der Waals surface area contributed by atoms with Crippen LogP contribution in [0.2, 0.25) is 0 Å². The first-order valence-corrected chi connectivity index (χ1v) is 9.31. The number of ether oxygens (including phenoxy) is 2. The lowest BCUT2D eigenvalue weighted by atomic mass is 10.0. The van der Waals surface area contributed by atoms with Gasteiger partial charge in [0, 0.05) is 18.8 Å². The number of hydrogen-bond acceptors (Lipinski definition) is 5. The number of amides is 3. The van der Waals surface area contributed by atoms with Crippen LogP contribution in [0.15, 0.2) is 24.3 Å². The van der Waals surface area contributed by atoms with Crippen LogP contribution in [0.1, 0.15) is 24.9 Å². The minimum atomic E-state index is -0.544. The van der Waals surface area contributed by atoms with Crippen molar-refractivity contribution in [3.8, 4) is 0 Å². The second-order valence-electron chi connectivity index (χ2n) is 5.91. The normalized spacial score (nSPS) is 15.0. The van der Waals surface area contributed by atoms with Crippen molar-refractivity contribution in [2.45, 2.75) is 19.4 Å². The molecule has 9 heteroatoms. The summed E-state index contributed by atoms with van der Waals surface area (Å²) in [7, 11) is 0. The quantitative estimate of drug-likeness (QED) is 0.541. The van der Waals surface area contributed by atoms with E-state index in [-0.39, 0.29) is 30.8 Å². The molecule has 0 bridgehead atoms. The van der Waals surface area contributed by atoms with Gasteiger partial charge in [-0.15, -0.1) is 11.6 Å². The summed E-state index contributed by atoms with van der Waals surface area (Å²) in [6, 6.07) is 6.07. The van der Waals surface area contributed by atoms with Crippen LogP contribution in [0.25, 0.3) is 0 Å². The van der Waals surface area contributed by atoms with Crippen molar-refractivity contribution in [1.29, 1.82) is 0 Å². The largest absolute Gasteiger partial charge is 0.466 e. The van der Waals surface area contributed by atoms with Crippen LogP contribution in [0.4, 0.5) is 10.5 Å². The fraction of sp³-hybridized carbons (Fsp3) is 0.500. The summed E-state index contributed by atoms with van der Waals surface area (Å²) in [6.45, 7) is 3.98. The van der Waals surface area contributed by atoms with Crippen molar-refractivity contribution >= 4 is 35.2 Å². The summed E-state index contributed by atoms with van der Waals surface area (Å²) in [5, 5.41) is 5.53. The topological polar surface area (TPSA) is 97.0 Å². The van der Waals surface area contributed by atoms with Crippen molar-refractivity contribution in [3.05, 3.63) is 29.8 Å². The number of halogens is 1. The first kappa shape index (κ1) is 21.0. The molecule has 0 aliphatic carbocycles. The summed E-state index contributed by atoms with van der Waals surface area (Å²) < 4.78 is 10.3. The highest BCUT2D eigenvalue weighted by atomic mass is 35.5. The molecule has 0 spiro atoms. The first-order chi connectivity index (χ1) is 13.0. The Kier molecular flexibility index (Phi) is 8.35. The van der Waals surface area contributed by atoms with Crippen LogP contribution in [-0.4, -0.2) is 61.6 Å². The predicted octanol–water partition coefficient (Wildman–Crippen LogP) is 1.90. The van der Waals surface area contributed by atoms with E-state index in [4.69, 9.17) is 21.1 Å². The average molecular weight is 398 g/mol. The van der Waals surface area contributed by atoms with Gasteiger partial charge in [0.1, 0.15) is 5.88 Å². The van der Waals surface area contributed by atoms with Crippen LogP contribution in [0, 0.1) is 0 Å². The summed E-state index contributed by atoms with van der Waals surface area (Å²) in [4.78, 5) is 37.5. The number of morpholine rings is 1. The van der Waals surface area contributed by atoms with Crippen molar-refractivity contribution in [2.75, 3.05) is 44.1 Å². The van der Waals surface area contributed by atoms with Gasteiger partial charge in [-0.1, -0.05) is 12.1 Å². The van der Waals surface area contributed by atoms with Crippen LogP contribution >= 0.6 is 11.6 Å². The summed E-state index contributed by atoms with van der Waals surface area (Å²) >= 11 is 5.48. The van der Waals surface area contributed by atoms with Crippen molar-refractivity contribution in [2.24, 2.45) is 0 Å². The molecule has 2 rings (SSSR count). The molecule has 3 amide bonds. The Morgan fingerprint density at radius 1 is 1.22 bits per heavy atom. The smallest absolute Gasteiger partial charge is 0.318 e. The molecule has 1 unspecified atom stereocenters. The van der Waals surface area contributed by atoms with Gasteiger partial charge in [0.15, 0.2) is 0 Å². The number of benzene rings is 1. The second kappa shape index (κ2) is 10.7. The Labute approximate surface area is 163 Å². The molecule has 1 heterocycles. The molecule has 1 aromatic rings. The Balaban J connectivity index is 2.09. The van der Waals surface area contributed by atoms with E-state index in [0.717, 1.165) is 5.56 Å². The van der Waals surface area contributed by atoms with E-state index >= 15 is 0 Å². The zero-order valence-electron chi connectivity index (χ0n) is 15.2. The second-order valence-corrected chi connectivity index (χ2v) is 6.18. The number of urea groups is 1. The van der Waals surface area contributed by atoms with Gasteiger partial charge in [-0.05, 0) is 24.6 Å². The molecule has 1 atom stereocenters. The van der Waals surface area contributed by atoms with Crippen molar-refractivity contribution in [1.82, 2.24) is 10.2 Å². The highest BCUT2D eigenvalue weighted by molar-refractivity contribution is 6.29. The Bertz CT molecular complexity index is 647. The van der Waals surface area contributed by atoms with Crippen molar-refractivity contribution < 1.29 is 23.9 Å². The van der Waals surface area contributed by atoms with Gasteiger partial charge >= 0.3 is 12.0 Å². The van der Waals surface area contributed by atoms with E-state index in [0.29, 0.717) is 32.0 Å². The molecule has 2 N–H and O–H groups in total. The number of carbonyl (C=O) groups excluding carboxylic acids is 3. The number of carbonyl (C=O) groups is 3. The third-order valence-corrected chi connectivity index (χ3v) is 4.23. The lowest BCUT2D eigenvalue weighted by Crippen LogP contribution is -2.47. The third kappa shape index (κ3) is 6.73. The molecule has 27 heavy (non-hydrogen) atoms. The van der Waals surface area contributed by atoms with E-state index in [2.05, 4.69) is 10.6 Å². The number of nitrogens with one attached hydrogen (secondary N) is 2. The molecular weight excluding hydrogens is 374 g/mol. The molecule has 148 valence electrons. The standard InChI is InChI=1S/C18H24ClN3O5/c1-2-27-17(24)11-15(21-18(25)22-7-9-26-10-8-22)13-3-5-14(6-4-13)20-16(23)12-19/h3-6,15H,2,7-12H2,1H3,(H,20,23)(H,21,25). The Hall–Kier alpha value is -2.32. The highest BCUT2D eigenvalue weighted by Crippen LogP contribution is 2.21. The fourth-order valence-electron chi connectivity index (χ4n) is 2.64. The molecule has 8 nitrogen and oxygen atoms in total. The monoisotopic (exact) mass is 397 g/mol. The van der Waals surface area contributed by atoms with E-state index in [1.54, 1.807) is 36.1 Å². The van der Waals surface area contributed by atoms with Crippen LogP contribution in [0.5, 0.6) is 0 Å². The minimum Gasteiger partial charge on any atom is -0.466 e. The number of esters is 1. The summed E-state index contributed by atoms with van der Waals surface area (Å²) in [5.74, 6) is -0.847. The van der Waals surface area contributed by atoms with E-state index in [1.807, 2.05) is 0 Å². The van der Waals surface area contributed by atoms with Gasteiger partial charge in [0.2, 0.25) is 5.91 Å².